The Hall–Kier alpha value is -1.22. The first-order chi connectivity index (χ1) is 13.5. The second-order valence-electron chi connectivity index (χ2n) is 8.91. The molecule has 2 bridgehead atoms. The first kappa shape index (κ1) is 20.1. The summed E-state index contributed by atoms with van der Waals surface area (Å²) in [5, 5.41) is 10.7. The highest BCUT2D eigenvalue weighted by Crippen LogP contribution is 2.43. The number of ether oxygens (including phenoxy) is 1. The molecule has 8 nitrogen and oxygen atoms in total. The number of primary amides is 1. The number of β-amino-alcohol motifs (C(OH)–C–C–N with tert-alkyl or cyclic N) is 1. The Bertz CT molecular complexity index is 585. The topological polar surface area (TPSA) is 99.3 Å². The van der Waals surface area contributed by atoms with Crippen LogP contribution in [0.25, 0.3) is 0 Å². The van der Waals surface area contributed by atoms with Crippen LogP contribution >= 0.6 is 0 Å². The highest BCUT2D eigenvalue weighted by molar-refractivity contribution is 5.85. The number of fused-ring (bicyclic) bond motifs is 2. The summed E-state index contributed by atoms with van der Waals surface area (Å²) in [4.78, 5) is 30.9. The summed E-state index contributed by atoms with van der Waals surface area (Å²) in [7, 11) is 0. The molecule has 0 aromatic heterocycles. The van der Waals surface area contributed by atoms with Gasteiger partial charge in [-0.2, -0.15) is 0 Å². The lowest BCUT2D eigenvalue weighted by Crippen LogP contribution is -2.60. The molecule has 4 heterocycles. The summed E-state index contributed by atoms with van der Waals surface area (Å²) in [5.41, 5.74) is 5.22. The van der Waals surface area contributed by atoms with Crippen molar-refractivity contribution in [1.82, 2.24) is 14.7 Å². The molecule has 0 aromatic rings. The predicted molar refractivity (Wildman–Crippen MR) is 104 cm³/mol. The molecule has 158 valence electrons. The van der Waals surface area contributed by atoms with Crippen molar-refractivity contribution in [3.05, 3.63) is 0 Å². The van der Waals surface area contributed by atoms with Gasteiger partial charge in [0.2, 0.25) is 5.91 Å². The minimum Gasteiger partial charge on any atom is -0.390 e. The minimum absolute atomic E-state index is 0.117. The van der Waals surface area contributed by atoms with E-state index < -0.39 is 11.6 Å². The Kier molecular flexibility index (Phi) is 5.92. The van der Waals surface area contributed by atoms with Gasteiger partial charge < -0.3 is 20.5 Å². The summed E-state index contributed by atoms with van der Waals surface area (Å²) in [6.07, 6.45) is 5.80. The third-order valence-electron chi connectivity index (χ3n) is 7.23. The lowest BCUT2D eigenvalue weighted by Gasteiger charge is -2.44. The van der Waals surface area contributed by atoms with Gasteiger partial charge in [-0.25, -0.2) is 0 Å². The predicted octanol–water partition coefficient (Wildman–Crippen LogP) is -0.457. The van der Waals surface area contributed by atoms with Crippen LogP contribution in [0.4, 0.5) is 0 Å². The maximum absolute atomic E-state index is 12.5. The number of carbonyl (C=O) groups excluding carboxylic acids is 2. The van der Waals surface area contributed by atoms with Crippen LogP contribution in [0.5, 0.6) is 0 Å². The molecular formula is C20H34N4O4. The molecule has 4 atom stereocenters. The zero-order valence-electron chi connectivity index (χ0n) is 16.7. The van der Waals surface area contributed by atoms with Gasteiger partial charge in [0.05, 0.1) is 6.10 Å². The van der Waals surface area contributed by atoms with Gasteiger partial charge in [-0.1, -0.05) is 0 Å². The normalized spacial score (nSPS) is 35.2. The summed E-state index contributed by atoms with van der Waals surface area (Å²) in [5.74, 6) is -0.117. The molecule has 0 spiro atoms. The fourth-order valence-electron chi connectivity index (χ4n) is 5.67. The molecule has 4 rings (SSSR count). The van der Waals surface area contributed by atoms with Gasteiger partial charge >= 0.3 is 0 Å². The summed E-state index contributed by atoms with van der Waals surface area (Å²) < 4.78 is 5.51. The number of nitrogens with zero attached hydrogens (tertiary/aromatic N) is 3. The van der Waals surface area contributed by atoms with E-state index >= 15 is 0 Å². The van der Waals surface area contributed by atoms with Crippen molar-refractivity contribution in [2.75, 3.05) is 45.9 Å². The molecule has 3 N–H and O–H groups in total. The molecule has 4 aliphatic rings. The number of rotatable bonds is 6. The molecule has 8 heteroatoms. The molecule has 4 fully saturated rings. The number of amides is 2. The van der Waals surface area contributed by atoms with E-state index in [4.69, 9.17) is 10.5 Å². The van der Waals surface area contributed by atoms with E-state index in [1.807, 2.05) is 4.90 Å². The van der Waals surface area contributed by atoms with Crippen LogP contribution in [0.15, 0.2) is 0 Å². The van der Waals surface area contributed by atoms with E-state index in [0.29, 0.717) is 38.8 Å². The van der Waals surface area contributed by atoms with Gasteiger partial charge in [0, 0.05) is 51.9 Å². The number of hydrogen-bond acceptors (Lipinski definition) is 6. The molecule has 4 aliphatic heterocycles. The maximum atomic E-state index is 12.5. The Labute approximate surface area is 167 Å². The molecule has 28 heavy (non-hydrogen) atoms. The van der Waals surface area contributed by atoms with Crippen LogP contribution in [0.2, 0.25) is 0 Å². The standard InChI is InChI=1S/C20H34N4O4/c21-19(27)20-6-1-3-15(5-7-20)24(20)14-16(25)13-22-8-10-23(11-9-22)18(26)17-4-2-12-28-17/h15-17,25H,1-14H2,(H2,21,27)/t15-,16+,17-,20+/m1/s1. The molecule has 0 unspecified atom stereocenters. The van der Waals surface area contributed by atoms with Crippen molar-refractivity contribution in [3.8, 4) is 0 Å². The van der Waals surface area contributed by atoms with E-state index in [9.17, 15) is 14.7 Å². The zero-order valence-corrected chi connectivity index (χ0v) is 16.7. The number of aliphatic hydroxyl groups is 1. The van der Waals surface area contributed by atoms with Crippen LogP contribution in [0.3, 0.4) is 0 Å². The third kappa shape index (κ3) is 3.79. The van der Waals surface area contributed by atoms with E-state index in [1.54, 1.807) is 0 Å². The second-order valence-corrected chi connectivity index (χ2v) is 8.91. The Balaban J connectivity index is 1.26. The monoisotopic (exact) mass is 394 g/mol. The van der Waals surface area contributed by atoms with Crippen molar-refractivity contribution in [3.63, 3.8) is 0 Å². The molecular weight excluding hydrogens is 360 g/mol. The fraction of sp³-hybridized carbons (Fsp3) is 0.900. The first-order valence-corrected chi connectivity index (χ1v) is 10.9. The Morgan fingerprint density at radius 2 is 1.86 bits per heavy atom. The van der Waals surface area contributed by atoms with Crippen molar-refractivity contribution in [2.45, 2.75) is 68.7 Å². The van der Waals surface area contributed by atoms with Gasteiger partial charge in [0.25, 0.3) is 5.91 Å². The van der Waals surface area contributed by atoms with Crippen molar-refractivity contribution in [2.24, 2.45) is 5.73 Å². The zero-order chi connectivity index (χ0) is 19.7. The third-order valence-corrected chi connectivity index (χ3v) is 7.23. The minimum atomic E-state index is -0.545. The van der Waals surface area contributed by atoms with E-state index in [0.717, 1.165) is 58.0 Å². The van der Waals surface area contributed by atoms with Crippen molar-refractivity contribution in [1.29, 1.82) is 0 Å². The van der Waals surface area contributed by atoms with Gasteiger partial charge in [-0.15, -0.1) is 0 Å². The lowest BCUT2D eigenvalue weighted by atomic mass is 9.87. The summed E-state index contributed by atoms with van der Waals surface area (Å²) in [6.45, 7) is 4.65. The first-order valence-electron chi connectivity index (χ1n) is 10.9. The van der Waals surface area contributed by atoms with E-state index in [1.165, 1.54) is 0 Å². The van der Waals surface area contributed by atoms with Crippen LogP contribution in [0, 0.1) is 0 Å². The van der Waals surface area contributed by atoms with Gasteiger partial charge in [-0.05, 0) is 44.9 Å². The number of piperazine rings is 1. The molecule has 0 aliphatic carbocycles. The van der Waals surface area contributed by atoms with Crippen molar-refractivity contribution >= 4 is 11.8 Å². The summed E-state index contributed by atoms with van der Waals surface area (Å²) >= 11 is 0. The van der Waals surface area contributed by atoms with E-state index in [-0.39, 0.29) is 17.9 Å². The molecule has 2 amide bonds. The van der Waals surface area contributed by atoms with Crippen LogP contribution in [0.1, 0.15) is 44.9 Å². The average molecular weight is 395 g/mol. The van der Waals surface area contributed by atoms with Crippen LogP contribution in [-0.4, -0.2) is 101 Å². The molecule has 4 saturated heterocycles. The fourth-order valence-corrected chi connectivity index (χ4v) is 5.67. The summed E-state index contributed by atoms with van der Waals surface area (Å²) in [6, 6.07) is 0.372. The number of aliphatic hydroxyl groups excluding tert-OH is 1. The molecule has 0 radical (unpaired) electrons. The Morgan fingerprint density at radius 1 is 1.07 bits per heavy atom. The Morgan fingerprint density at radius 3 is 2.54 bits per heavy atom. The van der Waals surface area contributed by atoms with Gasteiger partial charge in [0.15, 0.2) is 0 Å². The van der Waals surface area contributed by atoms with Crippen molar-refractivity contribution < 1.29 is 19.4 Å². The highest BCUT2D eigenvalue weighted by atomic mass is 16.5. The quantitative estimate of drug-likeness (QED) is 0.633. The number of carbonyl (C=O) groups is 2. The lowest BCUT2D eigenvalue weighted by molar-refractivity contribution is -0.142. The smallest absolute Gasteiger partial charge is 0.251 e. The average Bonchev–Trinajstić information content (AvgIpc) is 3.27. The number of piperidine rings is 1. The second kappa shape index (κ2) is 8.26. The van der Waals surface area contributed by atoms with Crippen LogP contribution in [-0.2, 0) is 14.3 Å². The largest absolute Gasteiger partial charge is 0.390 e. The van der Waals surface area contributed by atoms with E-state index in [2.05, 4.69) is 9.80 Å². The SMILES string of the molecule is NC(=O)[C@]12CCC[C@H](CC1)N2C[C@@H](O)CN1CCN(C(=O)[C@H]2CCCO2)CC1. The molecule has 0 aromatic carbocycles. The van der Waals surface area contributed by atoms with Gasteiger partial charge in [0.1, 0.15) is 11.6 Å². The van der Waals surface area contributed by atoms with Crippen LogP contribution < -0.4 is 5.73 Å². The number of hydrogen-bond donors (Lipinski definition) is 2. The number of nitrogens with two attached hydrogens (primary N) is 1. The maximum Gasteiger partial charge on any atom is 0.251 e. The molecule has 0 saturated carbocycles. The van der Waals surface area contributed by atoms with Gasteiger partial charge in [-0.3, -0.25) is 19.4 Å². The highest BCUT2D eigenvalue weighted by Gasteiger charge is 2.52.